The SMILES string of the molecule is CC(COC(=O)c1ccc(Br)cc1)N(C)C. The molecule has 0 aromatic heterocycles. The Hall–Kier alpha value is -0.870. The summed E-state index contributed by atoms with van der Waals surface area (Å²) in [5.41, 5.74) is 0.578. The van der Waals surface area contributed by atoms with Crippen LogP contribution in [0.3, 0.4) is 0 Å². The highest BCUT2D eigenvalue weighted by Crippen LogP contribution is 2.11. The number of likely N-dealkylation sites (N-methyl/N-ethyl adjacent to an activating group) is 1. The molecule has 0 saturated carbocycles. The van der Waals surface area contributed by atoms with Gasteiger partial charge in [0.1, 0.15) is 6.61 Å². The largest absolute Gasteiger partial charge is 0.460 e. The van der Waals surface area contributed by atoms with Crippen LogP contribution in [0, 0.1) is 0 Å². The van der Waals surface area contributed by atoms with Crippen LogP contribution in [0.4, 0.5) is 0 Å². The Labute approximate surface area is 105 Å². The van der Waals surface area contributed by atoms with E-state index in [1.54, 1.807) is 12.1 Å². The third kappa shape index (κ3) is 3.94. The maximum absolute atomic E-state index is 11.6. The third-order valence-corrected chi connectivity index (χ3v) is 2.95. The highest BCUT2D eigenvalue weighted by Gasteiger charge is 2.10. The Morgan fingerprint density at radius 2 is 1.94 bits per heavy atom. The zero-order valence-electron chi connectivity index (χ0n) is 9.74. The average Bonchev–Trinajstić information content (AvgIpc) is 2.26. The molecule has 88 valence electrons. The molecule has 16 heavy (non-hydrogen) atoms. The molecule has 0 bridgehead atoms. The highest BCUT2D eigenvalue weighted by atomic mass is 79.9. The molecule has 0 N–H and O–H groups in total. The Kier molecular flexibility index (Phi) is 4.96. The zero-order valence-corrected chi connectivity index (χ0v) is 11.3. The van der Waals surface area contributed by atoms with Crippen molar-refractivity contribution in [1.29, 1.82) is 0 Å². The molecule has 0 spiro atoms. The fourth-order valence-electron chi connectivity index (χ4n) is 1.01. The first-order chi connectivity index (χ1) is 7.50. The smallest absolute Gasteiger partial charge is 0.338 e. The molecule has 0 radical (unpaired) electrons. The first-order valence-corrected chi connectivity index (χ1v) is 5.89. The van der Waals surface area contributed by atoms with Gasteiger partial charge in [0.2, 0.25) is 0 Å². The van der Waals surface area contributed by atoms with Gasteiger partial charge in [-0.25, -0.2) is 4.79 Å². The summed E-state index contributed by atoms with van der Waals surface area (Å²) in [6.07, 6.45) is 0. The van der Waals surface area contributed by atoms with Crippen LogP contribution in [0.2, 0.25) is 0 Å². The van der Waals surface area contributed by atoms with Gasteiger partial charge >= 0.3 is 5.97 Å². The minimum absolute atomic E-state index is 0.222. The maximum Gasteiger partial charge on any atom is 0.338 e. The minimum atomic E-state index is -0.277. The molecule has 1 aromatic rings. The second kappa shape index (κ2) is 6.01. The van der Waals surface area contributed by atoms with Crippen LogP contribution in [0.5, 0.6) is 0 Å². The fourth-order valence-corrected chi connectivity index (χ4v) is 1.28. The first kappa shape index (κ1) is 13.2. The summed E-state index contributed by atoms with van der Waals surface area (Å²) in [6.45, 7) is 2.41. The van der Waals surface area contributed by atoms with Crippen LogP contribution in [-0.4, -0.2) is 37.6 Å². The number of esters is 1. The predicted octanol–water partition coefficient (Wildman–Crippen LogP) is 2.56. The van der Waals surface area contributed by atoms with E-state index in [1.165, 1.54) is 0 Å². The van der Waals surface area contributed by atoms with E-state index in [0.29, 0.717) is 12.2 Å². The van der Waals surface area contributed by atoms with Crippen LogP contribution in [-0.2, 0) is 4.74 Å². The zero-order chi connectivity index (χ0) is 12.1. The third-order valence-electron chi connectivity index (χ3n) is 2.42. The summed E-state index contributed by atoms with van der Waals surface area (Å²) in [5, 5.41) is 0. The number of carbonyl (C=O) groups is 1. The second-order valence-corrected chi connectivity index (χ2v) is 4.83. The van der Waals surface area contributed by atoms with E-state index in [4.69, 9.17) is 4.74 Å². The quantitative estimate of drug-likeness (QED) is 0.797. The topological polar surface area (TPSA) is 29.5 Å². The molecule has 0 aliphatic rings. The molecule has 0 aliphatic heterocycles. The molecule has 0 heterocycles. The summed E-state index contributed by atoms with van der Waals surface area (Å²) in [4.78, 5) is 13.6. The van der Waals surface area contributed by atoms with Crippen molar-refractivity contribution in [2.75, 3.05) is 20.7 Å². The lowest BCUT2D eigenvalue weighted by Gasteiger charge is -2.19. The van der Waals surface area contributed by atoms with Crippen molar-refractivity contribution in [3.63, 3.8) is 0 Å². The van der Waals surface area contributed by atoms with E-state index in [9.17, 15) is 4.79 Å². The van der Waals surface area contributed by atoms with E-state index in [1.807, 2.05) is 38.1 Å². The van der Waals surface area contributed by atoms with Crippen LogP contribution in [0.1, 0.15) is 17.3 Å². The van der Waals surface area contributed by atoms with Gasteiger partial charge in [0.05, 0.1) is 5.56 Å². The van der Waals surface area contributed by atoms with Gasteiger partial charge in [0, 0.05) is 10.5 Å². The predicted molar refractivity (Wildman–Crippen MR) is 67.6 cm³/mol. The lowest BCUT2D eigenvalue weighted by Crippen LogP contribution is -2.30. The lowest BCUT2D eigenvalue weighted by molar-refractivity contribution is 0.0416. The summed E-state index contributed by atoms with van der Waals surface area (Å²) in [5.74, 6) is -0.277. The number of nitrogens with zero attached hydrogens (tertiary/aromatic N) is 1. The van der Waals surface area contributed by atoms with Gasteiger partial charge in [-0.1, -0.05) is 15.9 Å². The summed E-state index contributed by atoms with van der Waals surface area (Å²) in [7, 11) is 3.91. The molecule has 1 aromatic carbocycles. The lowest BCUT2D eigenvalue weighted by atomic mass is 10.2. The number of rotatable bonds is 4. The van der Waals surface area contributed by atoms with Gasteiger partial charge in [-0.05, 0) is 45.3 Å². The van der Waals surface area contributed by atoms with Gasteiger partial charge < -0.3 is 9.64 Å². The van der Waals surface area contributed by atoms with Crippen molar-refractivity contribution in [3.05, 3.63) is 34.3 Å². The van der Waals surface area contributed by atoms with Crippen molar-refractivity contribution in [1.82, 2.24) is 4.90 Å². The molecular weight excluding hydrogens is 270 g/mol. The second-order valence-electron chi connectivity index (χ2n) is 3.92. The van der Waals surface area contributed by atoms with Gasteiger partial charge in [-0.3, -0.25) is 0 Å². The standard InChI is InChI=1S/C12H16BrNO2/c1-9(14(2)3)8-16-12(15)10-4-6-11(13)7-5-10/h4-7,9H,8H2,1-3H3. The Morgan fingerprint density at radius 3 is 2.44 bits per heavy atom. The maximum atomic E-state index is 11.6. The van der Waals surface area contributed by atoms with Crippen LogP contribution >= 0.6 is 15.9 Å². The molecule has 4 heteroatoms. The van der Waals surface area contributed by atoms with Crippen LogP contribution < -0.4 is 0 Å². The molecule has 3 nitrogen and oxygen atoms in total. The number of benzene rings is 1. The molecule has 1 rings (SSSR count). The fraction of sp³-hybridized carbons (Fsp3) is 0.417. The molecule has 1 atom stereocenters. The van der Waals surface area contributed by atoms with E-state index < -0.39 is 0 Å². The van der Waals surface area contributed by atoms with Gasteiger partial charge in [-0.15, -0.1) is 0 Å². The molecule has 1 unspecified atom stereocenters. The van der Waals surface area contributed by atoms with Crippen molar-refractivity contribution in [3.8, 4) is 0 Å². The van der Waals surface area contributed by atoms with Gasteiger partial charge in [-0.2, -0.15) is 0 Å². The monoisotopic (exact) mass is 285 g/mol. The minimum Gasteiger partial charge on any atom is -0.460 e. The Bertz CT molecular complexity index is 349. The highest BCUT2D eigenvalue weighted by molar-refractivity contribution is 9.10. The normalized spacial score (nSPS) is 12.6. The van der Waals surface area contributed by atoms with Crippen LogP contribution in [0.25, 0.3) is 0 Å². The number of ether oxygens (including phenoxy) is 1. The number of halogens is 1. The van der Waals surface area contributed by atoms with Crippen LogP contribution in [0.15, 0.2) is 28.7 Å². The molecule has 0 fully saturated rings. The summed E-state index contributed by atoms with van der Waals surface area (Å²) >= 11 is 3.32. The van der Waals surface area contributed by atoms with Gasteiger partial charge in [0.25, 0.3) is 0 Å². The summed E-state index contributed by atoms with van der Waals surface area (Å²) < 4.78 is 6.14. The number of hydrogen-bond donors (Lipinski definition) is 0. The van der Waals surface area contributed by atoms with Gasteiger partial charge in [0.15, 0.2) is 0 Å². The molecule has 0 amide bonds. The van der Waals surface area contributed by atoms with Crippen molar-refractivity contribution in [2.24, 2.45) is 0 Å². The Morgan fingerprint density at radius 1 is 1.38 bits per heavy atom. The van der Waals surface area contributed by atoms with Crippen molar-refractivity contribution >= 4 is 21.9 Å². The van der Waals surface area contributed by atoms with E-state index >= 15 is 0 Å². The average molecular weight is 286 g/mol. The van der Waals surface area contributed by atoms with Crippen molar-refractivity contribution < 1.29 is 9.53 Å². The molecular formula is C12H16BrNO2. The summed E-state index contributed by atoms with van der Waals surface area (Å²) in [6, 6.07) is 7.36. The number of hydrogen-bond acceptors (Lipinski definition) is 3. The molecule has 0 saturated heterocycles. The van der Waals surface area contributed by atoms with E-state index in [2.05, 4.69) is 15.9 Å². The van der Waals surface area contributed by atoms with E-state index in [0.717, 1.165) is 4.47 Å². The molecule has 0 aliphatic carbocycles. The Balaban J connectivity index is 2.50. The first-order valence-electron chi connectivity index (χ1n) is 5.10. The van der Waals surface area contributed by atoms with E-state index in [-0.39, 0.29) is 12.0 Å². The number of carbonyl (C=O) groups excluding carboxylic acids is 1. The van der Waals surface area contributed by atoms with Crippen molar-refractivity contribution in [2.45, 2.75) is 13.0 Å².